The van der Waals surface area contributed by atoms with Crippen molar-refractivity contribution >= 4 is 11.4 Å². The topological polar surface area (TPSA) is 78.1 Å². The van der Waals surface area contributed by atoms with Gasteiger partial charge in [0.05, 0.1) is 17.6 Å². The average Bonchev–Trinajstić information content (AvgIpc) is 2.57. The molecule has 7 nitrogen and oxygen atoms in total. The highest BCUT2D eigenvalue weighted by Crippen LogP contribution is 2.21. The number of rotatable bonds is 2. The average molecular weight is 296 g/mol. The molecule has 2 aromatic rings. The summed E-state index contributed by atoms with van der Waals surface area (Å²) >= 11 is 0. The number of aromatic nitrogens is 3. The van der Waals surface area contributed by atoms with E-state index in [0.29, 0.717) is 5.69 Å². The molecule has 0 spiro atoms. The molecule has 1 fully saturated rings. The van der Waals surface area contributed by atoms with Crippen LogP contribution in [0, 0.1) is 11.3 Å². The Labute approximate surface area is 128 Å². The van der Waals surface area contributed by atoms with Crippen molar-refractivity contribution in [3.63, 3.8) is 0 Å². The van der Waals surface area contributed by atoms with Gasteiger partial charge >= 0.3 is 0 Å². The number of nitriles is 1. The Morgan fingerprint density at radius 1 is 1.23 bits per heavy atom. The minimum Gasteiger partial charge on any atom is -0.367 e. The van der Waals surface area contributed by atoms with E-state index in [1.54, 1.807) is 25.5 Å². The number of pyridine rings is 1. The Morgan fingerprint density at radius 2 is 1.95 bits per heavy atom. The molecule has 3 rings (SSSR count). The third-order valence-electron chi connectivity index (χ3n) is 3.83. The molecule has 7 heteroatoms. The first kappa shape index (κ1) is 14.1. The third kappa shape index (κ3) is 2.63. The number of piperazine rings is 1. The van der Waals surface area contributed by atoms with E-state index in [2.05, 4.69) is 26.0 Å². The fraction of sp³-hybridized carbons (Fsp3) is 0.333. The van der Waals surface area contributed by atoms with Crippen molar-refractivity contribution in [2.75, 3.05) is 36.0 Å². The van der Waals surface area contributed by atoms with E-state index in [1.165, 1.54) is 4.68 Å². The summed E-state index contributed by atoms with van der Waals surface area (Å²) in [5, 5.41) is 13.2. The molecular formula is C15H16N6O. The minimum absolute atomic E-state index is 0.112. The lowest BCUT2D eigenvalue weighted by atomic mass is 10.2. The zero-order chi connectivity index (χ0) is 15.5. The summed E-state index contributed by atoms with van der Waals surface area (Å²) in [7, 11) is 1.63. The zero-order valence-corrected chi connectivity index (χ0v) is 12.3. The van der Waals surface area contributed by atoms with E-state index >= 15 is 0 Å². The minimum atomic E-state index is -0.112. The van der Waals surface area contributed by atoms with Gasteiger partial charge in [-0.1, -0.05) is 0 Å². The summed E-state index contributed by atoms with van der Waals surface area (Å²) in [6.45, 7) is 3.09. The van der Waals surface area contributed by atoms with Crippen LogP contribution < -0.4 is 15.4 Å². The van der Waals surface area contributed by atoms with E-state index in [4.69, 9.17) is 5.26 Å². The summed E-state index contributed by atoms with van der Waals surface area (Å²) < 4.78 is 1.31. The second-order valence-corrected chi connectivity index (χ2v) is 5.13. The highest BCUT2D eigenvalue weighted by atomic mass is 16.1. The van der Waals surface area contributed by atoms with Gasteiger partial charge in [0.1, 0.15) is 6.07 Å². The molecule has 1 saturated heterocycles. The molecule has 1 aliphatic heterocycles. The zero-order valence-electron chi connectivity index (χ0n) is 12.3. The standard InChI is InChI=1S/C15H16N6O/c1-19-15(22)9-12(11-18-19)20-5-7-21(8-6-20)14-3-2-4-17-13(14)10-16/h2-4,9,11H,5-8H2,1H3. The van der Waals surface area contributed by atoms with Crippen LogP contribution in [-0.2, 0) is 7.05 Å². The maximum Gasteiger partial charge on any atom is 0.268 e. The van der Waals surface area contributed by atoms with Crippen LogP contribution >= 0.6 is 0 Å². The van der Waals surface area contributed by atoms with Crippen molar-refractivity contribution in [3.8, 4) is 6.07 Å². The smallest absolute Gasteiger partial charge is 0.268 e. The van der Waals surface area contributed by atoms with Crippen molar-refractivity contribution < 1.29 is 0 Å². The van der Waals surface area contributed by atoms with E-state index in [0.717, 1.165) is 37.6 Å². The molecule has 2 aromatic heterocycles. The molecular weight excluding hydrogens is 280 g/mol. The lowest BCUT2D eigenvalue weighted by Gasteiger charge is -2.37. The van der Waals surface area contributed by atoms with Gasteiger partial charge in [0, 0.05) is 45.5 Å². The number of nitrogens with zero attached hydrogens (tertiary/aromatic N) is 6. The summed E-state index contributed by atoms with van der Waals surface area (Å²) in [6.07, 6.45) is 3.34. The molecule has 1 aliphatic rings. The van der Waals surface area contributed by atoms with Gasteiger partial charge in [0.15, 0.2) is 5.69 Å². The van der Waals surface area contributed by atoms with Crippen molar-refractivity contribution in [1.29, 1.82) is 5.26 Å². The van der Waals surface area contributed by atoms with Crippen LogP contribution in [0.4, 0.5) is 11.4 Å². The molecule has 22 heavy (non-hydrogen) atoms. The number of hydrogen-bond acceptors (Lipinski definition) is 6. The Morgan fingerprint density at radius 3 is 2.64 bits per heavy atom. The van der Waals surface area contributed by atoms with Crippen LogP contribution in [0.5, 0.6) is 0 Å². The first-order chi connectivity index (χ1) is 10.7. The Balaban J connectivity index is 1.74. The fourth-order valence-electron chi connectivity index (χ4n) is 2.58. The number of anilines is 2. The van der Waals surface area contributed by atoms with Crippen LogP contribution in [0.2, 0.25) is 0 Å². The first-order valence-corrected chi connectivity index (χ1v) is 7.07. The van der Waals surface area contributed by atoms with Crippen LogP contribution in [0.15, 0.2) is 35.4 Å². The third-order valence-corrected chi connectivity index (χ3v) is 3.83. The number of hydrogen-bond donors (Lipinski definition) is 0. The molecule has 0 unspecified atom stereocenters. The van der Waals surface area contributed by atoms with Gasteiger partial charge in [0.2, 0.25) is 0 Å². The summed E-state index contributed by atoms with van der Waals surface area (Å²) in [4.78, 5) is 20.1. The highest BCUT2D eigenvalue weighted by Gasteiger charge is 2.20. The van der Waals surface area contributed by atoms with Gasteiger partial charge in [-0.15, -0.1) is 0 Å². The van der Waals surface area contributed by atoms with Gasteiger partial charge in [-0.05, 0) is 12.1 Å². The summed E-state index contributed by atoms with van der Waals surface area (Å²) in [5.41, 5.74) is 2.05. The van der Waals surface area contributed by atoms with Crippen LogP contribution in [-0.4, -0.2) is 40.9 Å². The monoisotopic (exact) mass is 296 g/mol. The summed E-state index contributed by atoms with van der Waals surface area (Å²) in [6, 6.07) is 7.49. The van der Waals surface area contributed by atoms with Crippen molar-refractivity contribution in [2.45, 2.75) is 0 Å². The van der Waals surface area contributed by atoms with Crippen molar-refractivity contribution in [3.05, 3.63) is 46.6 Å². The first-order valence-electron chi connectivity index (χ1n) is 7.07. The largest absolute Gasteiger partial charge is 0.367 e. The summed E-state index contributed by atoms with van der Waals surface area (Å²) in [5.74, 6) is 0. The van der Waals surface area contributed by atoms with E-state index in [-0.39, 0.29) is 5.56 Å². The quantitative estimate of drug-likeness (QED) is 0.797. The van der Waals surface area contributed by atoms with Crippen LogP contribution in [0.25, 0.3) is 0 Å². The molecule has 0 aromatic carbocycles. The molecule has 0 amide bonds. The van der Waals surface area contributed by atoms with Gasteiger partial charge in [-0.2, -0.15) is 10.4 Å². The molecule has 0 radical (unpaired) electrons. The maximum atomic E-state index is 11.7. The fourth-order valence-corrected chi connectivity index (χ4v) is 2.58. The lowest BCUT2D eigenvalue weighted by molar-refractivity contribution is 0.642. The SMILES string of the molecule is Cn1ncc(N2CCN(c3cccnc3C#N)CC2)cc1=O. The van der Waals surface area contributed by atoms with Crippen molar-refractivity contribution in [1.82, 2.24) is 14.8 Å². The van der Waals surface area contributed by atoms with E-state index < -0.39 is 0 Å². The second-order valence-electron chi connectivity index (χ2n) is 5.13. The van der Waals surface area contributed by atoms with Gasteiger partial charge in [-0.25, -0.2) is 9.67 Å². The molecule has 0 aliphatic carbocycles. The van der Waals surface area contributed by atoms with Gasteiger partial charge in [-0.3, -0.25) is 4.79 Å². The van der Waals surface area contributed by atoms with Crippen LogP contribution in [0.3, 0.4) is 0 Å². The number of aryl methyl sites for hydroxylation is 1. The molecule has 0 saturated carbocycles. The van der Waals surface area contributed by atoms with Gasteiger partial charge in [0.25, 0.3) is 5.56 Å². The molecule has 0 bridgehead atoms. The molecule has 112 valence electrons. The normalized spacial score (nSPS) is 14.7. The predicted molar refractivity (Wildman–Crippen MR) is 82.9 cm³/mol. The van der Waals surface area contributed by atoms with E-state index in [1.807, 2.05) is 12.1 Å². The second kappa shape index (κ2) is 5.85. The molecule has 0 atom stereocenters. The van der Waals surface area contributed by atoms with E-state index in [9.17, 15) is 4.79 Å². The predicted octanol–water partition coefficient (Wildman–Crippen LogP) is 0.374. The molecule has 3 heterocycles. The Bertz CT molecular complexity index is 770. The Hall–Kier alpha value is -2.88. The highest BCUT2D eigenvalue weighted by molar-refractivity contribution is 5.57. The van der Waals surface area contributed by atoms with Gasteiger partial charge < -0.3 is 9.80 Å². The van der Waals surface area contributed by atoms with Crippen molar-refractivity contribution in [2.24, 2.45) is 7.05 Å². The Kier molecular flexibility index (Phi) is 3.74. The van der Waals surface area contributed by atoms with Crippen LogP contribution in [0.1, 0.15) is 5.69 Å². The lowest BCUT2D eigenvalue weighted by Crippen LogP contribution is -2.47. The molecule has 0 N–H and O–H groups in total. The maximum absolute atomic E-state index is 11.7.